The number of nitro groups is 1. The lowest BCUT2D eigenvalue weighted by atomic mass is 10.1. The predicted octanol–water partition coefficient (Wildman–Crippen LogP) is 6.67. The molecule has 7 nitrogen and oxygen atoms in total. The Bertz CT molecular complexity index is 1220. The lowest BCUT2D eigenvalue weighted by molar-refractivity contribution is -0.384. The fourth-order valence-electron chi connectivity index (χ4n) is 2.60. The lowest BCUT2D eigenvalue weighted by Crippen LogP contribution is -2.13. The van der Waals surface area contributed by atoms with Crippen LogP contribution in [0, 0.1) is 17.0 Å². The summed E-state index contributed by atoms with van der Waals surface area (Å²) >= 11 is 11.8. The van der Waals surface area contributed by atoms with Crippen LogP contribution >= 0.6 is 23.2 Å². The SMILES string of the molecule is Cc1cc(NC(=O)c2cc([N+](=O)[O-])ccc2Cl)ccc1Oc1ncc(C(F)(F)F)cc1Cl. The number of anilines is 1. The lowest BCUT2D eigenvalue weighted by Gasteiger charge is -2.13. The smallest absolute Gasteiger partial charge is 0.417 e. The van der Waals surface area contributed by atoms with Gasteiger partial charge in [0.05, 0.1) is 21.1 Å². The molecule has 3 rings (SSSR count). The summed E-state index contributed by atoms with van der Waals surface area (Å²) in [7, 11) is 0. The number of rotatable bonds is 5. The molecule has 0 unspecified atom stereocenters. The normalized spacial score (nSPS) is 11.2. The van der Waals surface area contributed by atoms with Crippen molar-refractivity contribution in [3.8, 4) is 11.6 Å². The number of nitrogens with one attached hydrogen (secondary N) is 1. The fourth-order valence-corrected chi connectivity index (χ4v) is 3.01. The molecular formula is C20H12Cl2F3N3O4. The van der Waals surface area contributed by atoms with E-state index in [1.54, 1.807) is 6.92 Å². The maximum absolute atomic E-state index is 12.7. The van der Waals surface area contributed by atoms with Crippen LogP contribution in [0.2, 0.25) is 10.0 Å². The Morgan fingerprint density at radius 1 is 1.12 bits per heavy atom. The molecule has 1 amide bonds. The van der Waals surface area contributed by atoms with E-state index in [2.05, 4.69) is 10.3 Å². The van der Waals surface area contributed by atoms with Gasteiger partial charge in [0, 0.05) is 24.0 Å². The second-order valence-electron chi connectivity index (χ2n) is 6.47. The Hall–Kier alpha value is -3.37. The van der Waals surface area contributed by atoms with Gasteiger partial charge in [0.15, 0.2) is 0 Å². The summed E-state index contributed by atoms with van der Waals surface area (Å²) in [6, 6.07) is 8.62. The topological polar surface area (TPSA) is 94.4 Å². The molecule has 3 aromatic rings. The molecule has 1 N–H and O–H groups in total. The number of amides is 1. The van der Waals surface area contributed by atoms with Crippen LogP contribution in [0.4, 0.5) is 24.5 Å². The van der Waals surface area contributed by atoms with E-state index in [1.165, 1.54) is 30.3 Å². The Labute approximate surface area is 188 Å². The van der Waals surface area contributed by atoms with Crippen LogP contribution in [0.15, 0.2) is 48.7 Å². The largest absolute Gasteiger partial charge is 0.437 e. The number of nitro benzene ring substituents is 1. The quantitative estimate of drug-likeness (QED) is 0.321. The highest BCUT2D eigenvalue weighted by Gasteiger charge is 2.32. The van der Waals surface area contributed by atoms with Crippen LogP contribution in [0.5, 0.6) is 11.6 Å². The van der Waals surface area contributed by atoms with Crippen LogP contribution in [0.3, 0.4) is 0 Å². The monoisotopic (exact) mass is 485 g/mol. The van der Waals surface area contributed by atoms with Crippen molar-refractivity contribution >= 4 is 40.5 Å². The molecule has 1 heterocycles. The van der Waals surface area contributed by atoms with Gasteiger partial charge in [-0.3, -0.25) is 14.9 Å². The zero-order valence-electron chi connectivity index (χ0n) is 16.0. The number of non-ortho nitro benzene ring substituents is 1. The highest BCUT2D eigenvalue weighted by atomic mass is 35.5. The van der Waals surface area contributed by atoms with Gasteiger partial charge in [-0.25, -0.2) is 4.98 Å². The van der Waals surface area contributed by atoms with Crippen molar-refractivity contribution in [1.82, 2.24) is 4.98 Å². The second-order valence-corrected chi connectivity index (χ2v) is 7.28. The molecule has 32 heavy (non-hydrogen) atoms. The van der Waals surface area contributed by atoms with Crippen molar-refractivity contribution in [2.75, 3.05) is 5.32 Å². The van der Waals surface area contributed by atoms with Gasteiger partial charge >= 0.3 is 6.18 Å². The molecule has 0 bridgehead atoms. The standard InChI is InChI=1S/C20H12Cl2F3N3O4/c1-10-6-12(27-18(29)14-8-13(28(30)31)3-4-15(14)21)2-5-17(10)32-19-16(22)7-11(9-26-19)20(23,24)25/h2-9H,1H3,(H,27,29). The summed E-state index contributed by atoms with van der Waals surface area (Å²) in [5, 5.41) is 13.2. The van der Waals surface area contributed by atoms with Gasteiger partial charge in [-0.1, -0.05) is 23.2 Å². The highest BCUT2D eigenvalue weighted by Crippen LogP contribution is 2.35. The maximum Gasteiger partial charge on any atom is 0.417 e. The number of hydrogen-bond acceptors (Lipinski definition) is 5. The van der Waals surface area contributed by atoms with E-state index in [-0.39, 0.29) is 32.9 Å². The summed E-state index contributed by atoms with van der Waals surface area (Å²) in [5.74, 6) is -0.646. The van der Waals surface area contributed by atoms with Gasteiger partial charge < -0.3 is 10.1 Å². The number of nitrogens with zero attached hydrogens (tertiary/aromatic N) is 2. The maximum atomic E-state index is 12.7. The van der Waals surface area contributed by atoms with Gasteiger partial charge in [0.2, 0.25) is 5.88 Å². The van der Waals surface area contributed by atoms with Crippen molar-refractivity contribution in [1.29, 1.82) is 0 Å². The molecule has 2 aromatic carbocycles. The molecule has 0 spiro atoms. The number of ether oxygens (including phenoxy) is 1. The zero-order valence-corrected chi connectivity index (χ0v) is 17.5. The van der Waals surface area contributed by atoms with Crippen LogP contribution in [0.1, 0.15) is 21.5 Å². The molecular weight excluding hydrogens is 474 g/mol. The summed E-state index contributed by atoms with van der Waals surface area (Å²) in [4.78, 5) is 26.4. The molecule has 0 atom stereocenters. The number of alkyl halides is 3. The summed E-state index contributed by atoms with van der Waals surface area (Å²) in [6.07, 6.45) is -3.99. The molecule has 166 valence electrons. The minimum atomic E-state index is -4.59. The third-order valence-electron chi connectivity index (χ3n) is 4.18. The van der Waals surface area contributed by atoms with Crippen molar-refractivity contribution in [2.45, 2.75) is 13.1 Å². The Morgan fingerprint density at radius 3 is 2.44 bits per heavy atom. The molecule has 0 aliphatic rings. The number of carbonyl (C=O) groups is 1. The Kier molecular flexibility index (Phi) is 6.56. The van der Waals surface area contributed by atoms with E-state index >= 15 is 0 Å². The average Bonchev–Trinajstić information content (AvgIpc) is 2.70. The first-order chi connectivity index (χ1) is 15.0. The first-order valence-electron chi connectivity index (χ1n) is 8.72. The number of carbonyl (C=O) groups excluding carboxylic acids is 1. The van der Waals surface area contributed by atoms with Crippen molar-refractivity contribution in [3.63, 3.8) is 0 Å². The number of halogens is 5. The predicted molar refractivity (Wildman–Crippen MR) is 112 cm³/mol. The Morgan fingerprint density at radius 2 is 1.84 bits per heavy atom. The van der Waals surface area contributed by atoms with Gasteiger partial charge in [-0.15, -0.1) is 0 Å². The average molecular weight is 486 g/mol. The first-order valence-corrected chi connectivity index (χ1v) is 9.48. The number of pyridine rings is 1. The number of aromatic nitrogens is 1. The second kappa shape index (κ2) is 9.01. The van der Waals surface area contributed by atoms with E-state index < -0.39 is 22.6 Å². The van der Waals surface area contributed by atoms with Crippen molar-refractivity contribution in [3.05, 3.63) is 85.5 Å². The van der Waals surface area contributed by atoms with E-state index in [4.69, 9.17) is 27.9 Å². The first kappa shape index (κ1) is 23.3. The van der Waals surface area contributed by atoms with Crippen LogP contribution in [-0.2, 0) is 6.18 Å². The minimum absolute atomic E-state index is 0.0350. The third-order valence-corrected chi connectivity index (χ3v) is 4.78. The van der Waals surface area contributed by atoms with Gasteiger partial charge in [0.25, 0.3) is 11.6 Å². The van der Waals surface area contributed by atoms with E-state index in [0.29, 0.717) is 23.5 Å². The van der Waals surface area contributed by atoms with Gasteiger partial charge in [-0.2, -0.15) is 13.2 Å². The number of hydrogen-bond donors (Lipinski definition) is 1. The third kappa shape index (κ3) is 5.27. The van der Waals surface area contributed by atoms with Crippen LogP contribution in [-0.4, -0.2) is 15.8 Å². The summed E-state index contributed by atoms with van der Waals surface area (Å²) < 4.78 is 43.7. The zero-order chi connectivity index (χ0) is 23.6. The highest BCUT2D eigenvalue weighted by molar-refractivity contribution is 6.34. The Balaban J connectivity index is 1.78. The van der Waals surface area contributed by atoms with Gasteiger partial charge in [0.1, 0.15) is 10.8 Å². The fraction of sp³-hybridized carbons (Fsp3) is 0.100. The molecule has 1 aromatic heterocycles. The number of benzene rings is 2. The number of aryl methyl sites for hydroxylation is 1. The molecule has 0 aliphatic carbocycles. The van der Waals surface area contributed by atoms with E-state index in [0.717, 1.165) is 6.07 Å². The summed E-state index contributed by atoms with van der Waals surface area (Å²) in [6.45, 7) is 1.63. The molecule has 0 saturated carbocycles. The molecule has 0 saturated heterocycles. The minimum Gasteiger partial charge on any atom is -0.437 e. The van der Waals surface area contributed by atoms with Crippen LogP contribution < -0.4 is 10.1 Å². The van der Waals surface area contributed by atoms with Crippen molar-refractivity contribution in [2.24, 2.45) is 0 Å². The van der Waals surface area contributed by atoms with E-state index in [9.17, 15) is 28.1 Å². The molecule has 0 radical (unpaired) electrons. The molecule has 0 fully saturated rings. The van der Waals surface area contributed by atoms with Crippen molar-refractivity contribution < 1.29 is 27.6 Å². The summed E-state index contributed by atoms with van der Waals surface area (Å²) in [5.41, 5.74) is -0.552. The molecule has 0 aliphatic heterocycles. The van der Waals surface area contributed by atoms with Crippen LogP contribution in [0.25, 0.3) is 0 Å². The van der Waals surface area contributed by atoms with E-state index in [1.807, 2.05) is 0 Å². The van der Waals surface area contributed by atoms with Gasteiger partial charge in [-0.05, 0) is 42.8 Å². The molecule has 12 heteroatoms.